The summed E-state index contributed by atoms with van der Waals surface area (Å²) in [5.74, 6) is -0.957. The molecular weight excluding hydrogens is 372 g/mol. The number of benzene rings is 1. The van der Waals surface area contributed by atoms with Crippen molar-refractivity contribution in [2.24, 2.45) is 5.41 Å². The monoisotopic (exact) mass is 394 g/mol. The molecule has 3 rings (SSSR count). The Labute approximate surface area is 162 Å². The quantitative estimate of drug-likeness (QED) is 0.844. The van der Waals surface area contributed by atoms with Gasteiger partial charge in [-0.2, -0.15) is 0 Å². The number of hydrogen-bond donors (Lipinski definition) is 1. The standard InChI is InChI=1S/C19H23ClN2O5/c1-13(23)21-8-6-19(7-9-21)10-15(18(25)26)22(12-19)17(24)11-27-16-5-3-2-4-14(16)20/h2-5,15H,6-12H2,1H3,(H,25,26). The molecule has 1 spiro atoms. The molecule has 0 saturated carbocycles. The van der Waals surface area contributed by atoms with Crippen LogP contribution < -0.4 is 4.74 Å². The largest absolute Gasteiger partial charge is 0.482 e. The lowest BCUT2D eigenvalue weighted by Gasteiger charge is -2.38. The molecule has 8 heteroatoms. The van der Waals surface area contributed by atoms with E-state index in [2.05, 4.69) is 0 Å². The van der Waals surface area contributed by atoms with Crippen LogP contribution in [0.25, 0.3) is 0 Å². The van der Waals surface area contributed by atoms with Crippen LogP contribution in [0.4, 0.5) is 0 Å². The molecular formula is C19H23ClN2O5. The van der Waals surface area contributed by atoms with E-state index in [4.69, 9.17) is 16.3 Å². The second-order valence-corrected chi connectivity index (χ2v) is 7.71. The van der Waals surface area contributed by atoms with Crippen molar-refractivity contribution in [2.75, 3.05) is 26.2 Å². The topological polar surface area (TPSA) is 87.2 Å². The molecule has 1 N–H and O–H groups in total. The fraction of sp³-hybridized carbons (Fsp3) is 0.526. The van der Waals surface area contributed by atoms with Crippen LogP contribution in [0.2, 0.25) is 5.02 Å². The van der Waals surface area contributed by atoms with Crippen LogP contribution in [0, 0.1) is 5.41 Å². The summed E-state index contributed by atoms with van der Waals surface area (Å²) >= 11 is 6.03. The highest BCUT2D eigenvalue weighted by Gasteiger charge is 2.50. The normalized spacial score (nSPS) is 21.3. The van der Waals surface area contributed by atoms with Gasteiger partial charge in [-0.05, 0) is 36.8 Å². The average molecular weight is 395 g/mol. The summed E-state index contributed by atoms with van der Waals surface area (Å²) < 4.78 is 5.49. The zero-order valence-electron chi connectivity index (χ0n) is 15.2. The maximum Gasteiger partial charge on any atom is 0.326 e. The van der Waals surface area contributed by atoms with Crippen LogP contribution in [-0.2, 0) is 14.4 Å². The first kappa shape index (κ1) is 19.5. The van der Waals surface area contributed by atoms with E-state index in [9.17, 15) is 19.5 Å². The molecule has 2 amide bonds. The number of ether oxygens (including phenoxy) is 1. The van der Waals surface area contributed by atoms with Gasteiger partial charge in [0.2, 0.25) is 5.91 Å². The van der Waals surface area contributed by atoms with Crippen molar-refractivity contribution in [1.82, 2.24) is 9.80 Å². The highest BCUT2D eigenvalue weighted by molar-refractivity contribution is 6.32. The lowest BCUT2D eigenvalue weighted by molar-refractivity contribution is -0.149. The van der Waals surface area contributed by atoms with Crippen molar-refractivity contribution in [1.29, 1.82) is 0 Å². The van der Waals surface area contributed by atoms with Crippen molar-refractivity contribution in [3.8, 4) is 5.75 Å². The number of amides is 2. The number of piperidine rings is 1. The molecule has 146 valence electrons. The predicted molar refractivity (Wildman–Crippen MR) is 98.6 cm³/mol. The Balaban J connectivity index is 1.66. The number of rotatable bonds is 4. The summed E-state index contributed by atoms with van der Waals surface area (Å²) in [6.45, 7) is 2.85. The Morgan fingerprint density at radius 1 is 1.26 bits per heavy atom. The summed E-state index contributed by atoms with van der Waals surface area (Å²) in [6.07, 6.45) is 1.81. The number of para-hydroxylation sites is 1. The molecule has 1 aromatic carbocycles. The number of carboxylic acid groups (broad SMARTS) is 1. The van der Waals surface area contributed by atoms with Gasteiger partial charge in [0, 0.05) is 26.6 Å². The van der Waals surface area contributed by atoms with E-state index in [1.54, 1.807) is 29.2 Å². The Morgan fingerprint density at radius 3 is 2.52 bits per heavy atom. The minimum Gasteiger partial charge on any atom is -0.482 e. The molecule has 2 fully saturated rings. The number of nitrogens with zero attached hydrogens (tertiary/aromatic N) is 2. The number of halogens is 1. The van der Waals surface area contributed by atoms with E-state index in [1.165, 1.54) is 11.8 Å². The van der Waals surface area contributed by atoms with Gasteiger partial charge in [-0.15, -0.1) is 0 Å². The van der Waals surface area contributed by atoms with Crippen molar-refractivity contribution in [2.45, 2.75) is 32.2 Å². The van der Waals surface area contributed by atoms with Gasteiger partial charge in [-0.3, -0.25) is 9.59 Å². The number of carbonyl (C=O) groups excluding carboxylic acids is 2. The first-order valence-electron chi connectivity index (χ1n) is 8.96. The fourth-order valence-electron chi connectivity index (χ4n) is 3.98. The first-order valence-corrected chi connectivity index (χ1v) is 9.34. The number of carbonyl (C=O) groups is 3. The van der Waals surface area contributed by atoms with Crippen LogP contribution >= 0.6 is 11.6 Å². The van der Waals surface area contributed by atoms with Gasteiger partial charge in [0.25, 0.3) is 5.91 Å². The van der Waals surface area contributed by atoms with Gasteiger partial charge in [0.15, 0.2) is 6.61 Å². The third-order valence-electron chi connectivity index (χ3n) is 5.57. The van der Waals surface area contributed by atoms with E-state index in [-0.39, 0.29) is 23.8 Å². The molecule has 0 radical (unpaired) electrons. The molecule has 2 saturated heterocycles. The van der Waals surface area contributed by atoms with Gasteiger partial charge >= 0.3 is 5.97 Å². The third kappa shape index (κ3) is 4.18. The maximum absolute atomic E-state index is 12.7. The Hall–Kier alpha value is -2.28. The summed E-state index contributed by atoms with van der Waals surface area (Å²) in [4.78, 5) is 39.1. The van der Waals surface area contributed by atoms with Crippen LogP contribution in [0.15, 0.2) is 24.3 Å². The number of likely N-dealkylation sites (tertiary alicyclic amines) is 2. The molecule has 0 aliphatic carbocycles. The second-order valence-electron chi connectivity index (χ2n) is 7.30. The van der Waals surface area contributed by atoms with E-state index < -0.39 is 12.0 Å². The number of aliphatic carboxylic acids is 1. The van der Waals surface area contributed by atoms with Gasteiger partial charge in [-0.25, -0.2) is 4.79 Å². The summed E-state index contributed by atoms with van der Waals surface area (Å²) in [7, 11) is 0. The lowest BCUT2D eigenvalue weighted by Crippen LogP contribution is -2.45. The van der Waals surface area contributed by atoms with Crippen molar-refractivity contribution < 1.29 is 24.2 Å². The van der Waals surface area contributed by atoms with E-state index in [0.29, 0.717) is 49.7 Å². The van der Waals surface area contributed by atoms with Crippen molar-refractivity contribution >= 4 is 29.4 Å². The van der Waals surface area contributed by atoms with Crippen LogP contribution in [0.1, 0.15) is 26.2 Å². The van der Waals surface area contributed by atoms with E-state index in [1.807, 2.05) is 0 Å². The number of hydrogen-bond acceptors (Lipinski definition) is 4. The van der Waals surface area contributed by atoms with Gasteiger partial charge < -0.3 is 19.6 Å². The smallest absolute Gasteiger partial charge is 0.326 e. The molecule has 2 aliphatic rings. The summed E-state index contributed by atoms with van der Waals surface area (Å²) in [5, 5.41) is 9.99. The molecule has 1 atom stereocenters. The Bertz CT molecular complexity index is 745. The second kappa shape index (κ2) is 7.76. The highest BCUT2D eigenvalue weighted by Crippen LogP contribution is 2.43. The zero-order valence-corrected chi connectivity index (χ0v) is 15.9. The molecule has 1 aromatic rings. The Kier molecular flexibility index (Phi) is 5.60. The van der Waals surface area contributed by atoms with Crippen molar-refractivity contribution in [3.63, 3.8) is 0 Å². The molecule has 2 aliphatic heterocycles. The van der Waals surface area contributed by atoms with Crippen LogP contribution in [0.5, 0.6) is 5.75 Å². The molecule has 2 heterocycles. The zero-order chi connectivity index (χ0) is 19.6. The molecule has 0 bridgehead atoms. The van der Waals surface area contributed by atoms with E-state index in [0.717, 1.165) is 0 Å². The van der Waals surface area contributed by atoms with E-state index >= 15 is 0 Å². The van der Waals surface area contributed by atoms with Gasteiger partial charge in [0.1, 0.15) is 11.8 Å². The van der Waals surface area contributed by atoms with Crippen LogP contribution in [-0.4, -0.2) is 65.0 Å². The maximum atomic E-state index is 12.7. The van der Waals surface area contributed by atoms with Gasteiger partial charge in [0.05, 0.1) is 5.02 Å². The average Bonchev–Trinajstić information content (AvgIpc) is 3.01. The summed E-state index contributed by atoms with van der Waals surface area (Å²) in [5.41, 5.74) is -0.255. The first-order chi connectivity index (χ1) is 12.8. The molecule has 1 unspecified atom stereocenters. The number of carboxylic acids is 1. The Morgan fingerprint density at radius 2 is 1.93 bits per heavy atom. The minimum atomic E-state index is -1.01. The SMILES string of the molecule is CC(=O)N1CCC2(CC1)CC(C(=O)O)N(C(=O)COc1ccccc1Cl)C2. The molecule has 0 aromatic heterocycles. The summed E-state index contributed by atoms with van der Waals surface area (Å²) in [6, 6.07) is 5.97. The predicted octanol–water partition coefficient (Wildman–Crippen LogP) is 2.03. The van der Waals surface area contributed by atoms with Crippen LogP contribution in [0.3, 0.4) is 0 Å². The molecule has 27 heavy (non-hydrogen) atoms. The third-order valence-corrected chi connectivity index (χ3v) is 5.88. The molecule has 7 nitrogen and oxygen atoms in total. The highest BCUT2D eigenvalue weighted by atomic mass is 35.5. The fourth-order valence-corrected chi connectivity index (χ4v) is 4.17. The van der Waals surface area contributed by atoms with Crippen molar-refractivity contribution in [3.05, 3.63) is 29.3 Å². The van der Waals surface area contributed by atoms with Gasteiger partial charge in [-0.1, -0.05) is 23.7 Å². The lowest BCUT2D eigenvalue weighted by atomic mass is 9.76. The minimum absolute atomic E-state index is 0.0266.